The second-order valence-corrected chi connectivity index (χ2v) is 14.8. The minimum atomic E-state index is -2.29. The van der Waals surface area contributed by atoms with Crippen LogP contribution in [-0.2, 0) is 13.0 Å². The van der Waals surface area contributed by atoms with Gasteiger partial charge < -0.3 is 13.0 Å². The fraction of sp³-hybridized carbons (Fsp3) is 1.00. The van der Waals surface area contributed by atoms with Gasteiger partial charge in [0.05, 0.1) is 0 Å². The van der Waals surface area contributed by atoms with Crippen LogP contribution in [0.2, 0.25) is 19.1 Å². The van der Waals surface area contributed by atoms with Gasteiger partial charge in [-0.25, -0.2) is 0 Å². The van der Waals surface area contributed by atoms with Gasteiger partial charge in [-0.1, -0.05) is 103 Å². The zero-order valence-electron chi connectivity index (χ0n) is 20.2. The van der Waals surface area contributed by atoms with Gasteiger partial charge in [0.1, 0.15) is 0 Å². The third-order valence-corrected chi connectivity index (χ3v) is 11.5. The summed E-state index contributed by atoms with van der Waals surface area (Å²) in [6.45, 7) is 8.43. The molecule has 0 aliphatic carbocycles. The molecule has 0 N–H and O–H groups in total. The first kappa shape index (κ1) is 27.3. The molecule has 1 atom stereocenters. The molecular formula is C24H52O3Si2. The molecule has 0 bridgehead atoms. The van der Waals surface area contributed by atoms with Crippen LogP contribution in [0, 0.1) is 0 Å². The van der Waals surface area contributed by atoms with Crippen LogP contribution in [0.25, 0.3) is 0 Å². The maximum absolute atomic E-state index is 6.24. The van der Waals surface area contributed by atoms with Crippen LogP contribution in [0.15, 0.2) is 0 Å². The minimum absolute atomic E-state index is 0.839. The number of unbranched alkanes of at least 4 members (excludes halogenated alkanes) is 15. The number of rotatable bonds is 20. The fourth-order valence-corrected chi connectivity index (χ4v) is 10.1. The average Bonchev–Trinajstić information content (AvgIpc) is 2.70. The number of hydrogen-bond donors (Lipinski definition) is 0. The Labute approximate surface area is 185 Å². The van der Waals surface area contributed by atoms with E-state index in [0.717, 1.165) is 19.3 Å². The summed E-state index contributed by atoms with van der Waals surface area (Å²) in [4.78, 5) is 0. The summed E-state index contributed by atoms with van der Waals surface area (Å²) in [6.07, 6.45) is 24.9. The highest BCUT2D eigenvalue weighted by Gasteiger charge is 2.43. The van der Waals surface area contributed by atoms with E-state index in [0.29, 0.717) is 0 Å². The Bertz CT molecular complexity index is 347. The SMILES string of the molecule is CCCCCCCCCCCCCCCCCCO[Si]1(O[SiH](C)C)CCCCO1. The van der Waals surface area contributed by atoms with E-state index in [-0.39, 0.29) is 0 Å². The zero-order valence-corrected chi connectivity index (χ0v) is 22.3. The predicted molar refractivity (Wildman–Crippen MR) is 131 cm³/mol. The maximum Gasteiger partial charge on any atom is 0.490 e. The molecular weight excluding hydrogens is 392 g/mol. The van der Waals surface area contributed by atoms with Crippen molar-refractivity contribution in [1.29, 1.82) is 0 Å². The Kier molecular flexibility index (Phi) is 17.9. The molecule has 0 aromatic heterocycles. The van der Waals surface area contributed by atoms with Crippen molar-refractivity contribution in [3.63, 3.8) is 0 Å². The first-order valence-electron chi connectivity index (χ1n) is 13.1. The largest absolute Gasteiger partial charge is 0.490 e. The Hall–Kier alpha value is 0.314. The van der Waals surface area contributed by atoms with E-state index in [1.165, 1.54) is 116 Å². The summed E-state index contributed by atoms with van der Waals surface area (Å²) in [5.74, 6) is 0. The highest BCUT2D eigenvalue weighted by atomic mass is 28.4. The molecule has 0 saturated carbocycles. The molecule has 1 aliphatic rings. The Morgan fingerprint density at radius 3 is 1.59 bits per heavy atom. The summed E-state index contributed by atoms with van der Waals surface area (Å²) < 4.78 is 18.5. The van der Waals surface area contributed by atoms with Crippen molar-refractivity contribution in [2.45, 2.75) is 142 Å². The first-order chi connectivity index (χ1) is 14.2. The van der Waals surface area contributed by atoms with E-state index in [4.69, 9.17) is 13.0 Å². The molecule has 0 spiro atoms. The van der Waals surface area contributed by atoms with Crippen molar-refractivity contribution in [2.75, 3.05) is 13.2 Å². The van der Waals surface area contributed by atoms with E-state index in [9.17, 15) is 0 Å². The van der Waals surface area contributed by atoms with Crippen LogP contribution in [0.1, 0.15) is 122 Å². The lowest BCUT2D eigenvalue weighted by Crippen LogP contribution is -2.50. The highest BCUT2D eigenvalue weighted by Crippen LogP contribution is 2.25. The van der Waals surface area contributed by atoms with Gasteiger partial charge in [-0.05, 0) is 32.4 Å². The third kappa shape index (κ3) is 15.7. The molecule has 0 aromatic carbocycles. The van der Waals surface area contributed by atoms with Gasteiger partial charge in [0.15, 0.2) is 9.04 Å². The average molecular weight is 445 g/mol. The van der Waals surface area contributed by atoms with Crippen molar-refractivity contribution in [3.05, 3.63) is 0 Å². The summed E-state index contributed by atoms with van der Waals surface area (Å²) in [5, 5.41) is 0. The molecule has 1 unspecified atom stereocenters. The van der Waals surface area contributed by atoms with E-state index in [2.05, 4.69) is 20.0 Å². The molecule has 1 fully saturated rings. The second-order valence-electron chi connectivity index (χ2n) is 9.31. The van der Waals surface area contributed by atoms with E-state index in [1.807, 2.05) is 0 Å². The molecule has 0 amide bonds. The molecule has 1 rings (SSSR count). The van der Waals surface area contributed by atoms with Crippen LogP contribution in [0.5, 0.6) is 0 Å². The van der Waals surface area contributed by atoms with E-state index >= 15 is 0 Å². The van der Waals surface area contributed by atoms with Crippen LogP contribution >= 0.6 is 0 Å². The molecule has 1 saturated heterocycles. The van der Waals surface area contributed by atoms with Gasteiger partial charge in [-0.3, -0.25) is 0 Å². The summed E-state index contributed by atoms with van der Waals surface area (Å²) in [5.41, 5.74) is 0. The van der Waals surface area contributed by atoms with Crippen molar-refractivity contribution in [1.82, 2.24) is 0 Å². The summed E-state index contributed by atoms with van der Waals surface area (Å²) in [7, 11) is -3.39. The van der Waals surface area contributed by atoms with Gasteiger partial charge in [-0.2, -0.15) is 0 Å². The monoisotopic (exact) mass is 444 g/mol. The lowest BCUT2D eigenvalue weighted by atomic mass is 10.0. The molecule has 0 aromatic rings. The zero-order chi connectivity index (χ0) is 21.0. The second kappa shape index (κ2) is 19.0. The quantitative estimate of drug-likeness (QED) is 0.140. The lowest BCUT2D eigenvalue weighted by Gasteiger charge is -2.34. The van der Waals surface area contributed by atoms with Crippen molar-refractivity contribution >= 4 is 17.8 Å². The standard InChI is InChI=1S/C24H52O3Si2/c1-4-5-6-7-8-9-10-11-12-13-14-15-16-17-18-19-22-25-29(27-28(2)3)24-21-20-23-26-29/h28H,4-24H2,1-3H3. The van der Waals surface area contributed by atoms with Crippen molar-refractivity contribution in [2.24, 2.45) is 0 Å². The summed E-state index contributed by atoms with van der Waals surface area (Å²) in [6, 6.07) is 1.04. The molecule has 29 heavy (non-hydrogen) atoms. The smallest absolute Gasteiger partial charge is 0.419 e. The van der Waals surface area contributed by atoms with Gasteiger partial charge in [0.25, 0.3) is 0 Å². The van der Waals surface area contributed by atoms with Crippen LogP contribution in [0.3, 0.4) is 0 Å². The van der Waals surface area contributed by atoms with Gasteiger partial charge in [0.2, 0.25) is 0 Å². The summed E-state index contributed by atoms with van der Waals surface area (Å²) >= 11 is 0. The van der Waals surface area contributed by atoms with Crippen LogP contribution in [-0.4, -0.2) is 31.1 Å². The topological polar surface area (TPSA) is 27.7 Å². The maximum atomic E-state index is 6.24. The van der Waals surface area contributed by atoms with Crippen LogP contribution in [0.4, 0.5) is 0 Å². The first-order valence-corrected chi connectivity index (χ1v) is 17.9. The minimum Gasteiger partial charge on any atom is -0.419 e. The van der Waals surface area contributed by atoms with Crippen molar-refractivity contribution in [3.8, 4) is 0 Å². The molecule has 1 heterocycles. The highest BCUT2D eigenvalue weighted by molar-refractivity contribution is 6.70. The molecule has 3 nitrogen and oxygen atoms in total. The molecule has 5 heteroatoms. The van der Waals surface area contributed by atoms with Crippen LogP contribution < -0.4 is 0 Å². The molecule has 1 aliphatic heterocycles. The van der Waals surface area contributed by atoms with Gasteiger partial charge in [0, 0.05) is 19.3 Å². The lowest BCUT2D eigenvalue weighted by molar-refractivity contribution is 0.0874. The fourth-order valence-electron chi connectivity index (χ4n) is 4.22. The Morgan fingerprint density at radius 1 is 0.690 bits per heavy atom. The molecule has 174 valence electrons. The third-order valence-electron chi connectivity index (χ3n) is 5.93. The normalized spacial score (nSPS) is 19.9. The van der Waals surface area contributed by atoms with Gasteiger partial charge >= 0.3 is 8.80 Å². The Balaban J connectivity index is 1.84. The van der Waals surface area contributed by atoms with E-state index < -0.39 is 17.8 Å². The Morgan fingerprint density at radius 2 is 1.17 bits per heavy atom. The predicted octanol–water partition coefficient (Wildman–Crippen LogP) is 8.01. The van der Waals surface area contributed by atoms with Crippen molar-refractivity contribution < 1.29 is 13.0 Å². The van der Waals surface area contributed by atoms with Gasteiger partial charge in [-0.15, -0.1) is 0 Å². The van der Waals surface area contributed by atoms with E-state index in [1.54, 1.807) is 0 Å². The number of hydrogen-bond acceptors (Lipinski definition) is 3. The molecule has 0 radical (unpaired) electrons.